The minimum Gasteiger partial charge on any atom is -0.488 e. The van der Waals surface area contributed by atoms with Gasteiger partial charge in [0.25, 0.3) is 5.91 Å². The number of hydrogen-bond donors (Lipinski definition) is 1. The SMILES string of the molecule is C=CC(=O)N1CCCC[C@@H](n2c(NC(=O)c3ccnc(C)c3)nc3cccc(OC4CCN(C)CC4)c32)C1. The maximum absolute atomic E-state index is 13.3. The second kappa shape index (κ2) is 11.3. The molecule has 2 aliphatic heterocycles. The number of nitrogens with one attached hydrogen (secondary N) is 1. The first-order valence-electron chi connectivity index (χ1n) is 13.4. The standard InChI is InChI=1S/C29H36N6O3/c1-4-26(36)34-15-6-5-8-22(19-34)35-27-24(9-7-10-25(27)38-23-12-16-33(3)17-13-23)31-29(35)32-28(37)21-11-14-30-20(2)18-21/h4,7,9-11,14,18,22-23H,1,5-6,8,12-13,15-17,19H2,2-3H3,(H,31,32,37)/t22-/m1/s1. The number of benzene rings is 1. The lowest BCUT2D eigenvalue weighted by Gasteiger charge is -2.30. The predicted octanol–water partition coefficient (Wildman–Crippen LogP) is 4.20. The lowest BCUT2D eigenvalue weighted by atomic mass is 10.1. The molecule has 2 aliphatic rings. The molecule has 1 aromatic carbocycles. The average Bonchev–Trinajstić information content (AvgIpc) is 3.11. The van der Waals surface area contributed by atoms with E-state index in [1.54, 1.807) is 18.3 Å². The highest BCUT2D eigenvalue weighted by Gasteiger charge is 2.29. The highest BCUT2D eigenvalue weighted by atomic mass is 16.5. The first-order valence-corrected chi connectivity index (χ1v) is 13.4. The number of imidazole rings is 1. The van der Waals surface area contributed by atoms with Crippen molar-refractivity contribution in [3.63, 3.8) is 0 Å². The van der Waals surface area contributed by atoms with E-state index in [4.69, 9.17) is 9.72 Å². The minimum absolute atomic E-state index is 0.0804. The Balaban J connectivity index is 1.56. The molecule has 38 heavy (non-hydrogen) atoms. The Morgan fingerprint density at radius 3 is 2.71 bits per heavy atom. The van der Waals surface area contributed by atoms with E-state index in [9.17, 15) is 9.59 Å². The Morgan fingerprint density at radius 1 is 1.13 bits per heavy atom. The van der Waals surface area contributed by atoms with E-state index in [-0.39, 0.29) is 24.0 Å². The molecule has 2 fully saturated rings. The summed E-state index contributed by atoms with van der Waals surface area (Å²) in [5.74, 6) is 0.881. The van der Waals surface area contributed by atoms with E-state index in [2.05, 4.69) is 33.4 Å². The molecule has 2 aromatic heterocycles. The summed E-state index contributed by atoms with van der Waals surface area (Å²) in [4.78, 5) is 39.1. The molecule has 0 bridgehead atoms. The van der Waals surface area contributed by atoms with Crippen LogP contribution in [0.5, 0.6) is 5.75 Å². The molecule has 0 spiro atoms. The zero-order valence-corrected chi connectivity index (χ0v) is 22.2. The zero-order valence-electron chi connectivity index (χ0n) is 22.2. The largest absolute Gasteiger partial charge is 0.488 e. The van der Waals surface area contributed by atoms with Gasteiger partial charge < -0.3 is 19.1 Å². The number of aryl methyl sites for hydroxylation is 1. The summed E-state index contributed by atoms with van der Waals surface area (Å²) in [6.07, 6.45) is 7.76. The van der Waals surface area contributed by atoms with Crippen LogP contribution in [0.3, 0.4) is 0 Å². The molecule has 0 radical (unpaired) electrons. The Bertz CT molecular complexity index is 1330. The smallest absolute Gasteiger partial charge is 0.258 e. The van der Waals surface area contributed by atoms with Gasteiger partial charge >= 0.3 is 0 Å². The van der Waals surface area contributed by atoms with Gasteiger partial charge in [-0.1, -0.05) is 12.6 Å². The topological polar surface area (TPSA) is 92.6 Å². The quantitative estimate of drug-likeness (QED) is 0.494. The van der Waals surface area contributed by atoms with Crippen LogP contribution in [0.25, 0.3) is 11.0 Å². The van der Waals surface area contributed by atoms with E-state index in [1.165, 1.54) is 6.08 Å². The van der Waals surface area contributed by atoms with Gasteiger partial charge in [-0.15, -0.1) is 0 Å². The van der Waals surface area contributed by atoms with Crippen molar-refractivity contribution in [1.29, 1.82) is 0 Å². The predicted molar refractivity (Wildman–Crippen MR) is 147 cm³/mol. The van der Waals surface area contributed by atoms with Crippen LogP contribution in [0.1, 0.15) is 54.2 Å². The van der Waals surface area contributed by atoms with E-state index in [0.717, 1.165) is 67.7 Å². The molecule has 5 rings (SSSR count). The highest BCUT2D eigenvalue weighted by molar-refractivity contribution is 6.04. The second-order valence-electron chi connectivity index (χ2n) is 10.3. The third-order valence-corrected chi connectivity index (χ3v) is 7.51. The number of piperidine rings is 1. The molecule has 4 heterocycles. The lowest BCUT2D eigenvalue weighted by molar-refractivity contribution is -0.126. The van der Waals surface area contributed by atoms with Gasteiger partial charge in [0.15, 0.2) is 0 Å². The molecule has 0 saturated carbocycles. The van der Waals surface area contributed by atoms with Gasteiger partial charge in [0.2, 0.25) is 11.9 Å². The number of rotatable bonds is 6. The first-order chi connectivity index (χ1) is 18.4. The Morgan fingerprint density at radius 2 is 1.95 bits per heavy atom. The molecule has 2 saturated heterocycles. The van der Waals surface area contributed by atoms with E-state index in [0.29, 0.717) is 24.6 Å². The van der Waals surface area contributed by atoms with Gasteiger partial charge in [-0.05, 0) is 76.4 Å². The lowest BCUT2D eigenvalue weighted by Crippen LogP contribution is -2.36. The number of nitrogens with zero attached hydrogens (tertiary/aromatic N) is 5. The molecule has 9 heteroatoms. The molecular formula is C29H36N6O3. The van der Waals surface area contributed by atoms with Gasteiger partial charge in [0.1, 0.15) is 17.4 Å². The van der Waals surface area contributed by atoms with E-state index < -0.39 is 0 Å². The normalized spacial score (nSPS) is 19.2. The third-order valence-electron chi connectivity index (χ3n) is 7.51. The molecule has 0 unspecified atom stereocenters. The van der Waals surface area contributed by atoms with Gasteiger partial charge in [0, 0.05) is 43.6 Å². The fourth-order valence-corrected chi connectivity index (χ4v) is 5.46. The zero-order chi connectivity index (χ0) is 26.6. The molecular weight excluding hydrogens is 480 g/mol. The molecule has 1 atom stereocenters. The number of aromatic nitrogens is 3. The van der Waals surface area contributed by atoms with Crippen LogP contribution in [-0.2, 0) is 4.79 Å². The summed E-state index contributed by atoms with van der Waals surface area (Å²) < 4.78 is 8.67. The van der Waals surface area contributed by atoms with Gasteiger partial charge in [-0.2, -0.15) is 0 Å². The number of hydrogen-bond acceptors (Lipinski definition) is 6. The Hall–Kier alpha value is -3.72. The van der Waals surface area contributed by atoms with Crippen molar-refractivity contribution >= 4 is 28.8 Å². The number of carbonyl (C=O) groups excluding carboxylic acids is 2. The van der Waals surface area contributed by atoms with E-state index >= 15 is 0 Å². The Labute approximate surface area is 223 Å². The maximum Gasteiger partial charge on any atom is 0.258 e. The van der Waals surface area contributed by atoms with Crippen LogP contribution < -0.4 is 10.1 Å². The van der Waals surface area contributed by atoms with Crippen molar-refractivity contribution in [3.8, 4) is 5.75 Å². The van der Waals surface area contributed by atoms with Crippen LogP contribution in [0.15, 0.2) is 49.2 Å². The number of para-hydroxylation sites is 1. The van der Waals surface area contributed by atoms with Crippen molar-refractivity contribution in [2.75, 3.05) is 38.5 Å². The minimum atomic E-state index is -0.252. The summed E-state index contributed by atoms with van der Waals surface area (Å²) >= 11 is 0. The van der Waals surface area contributed by atoms with Gasteiger partial charge in [0.05, 0.1) is 11.6 Å². The summed E-state index contributed by atoms with van der Waals surface area (Å²) in [7, 11) is 2.13. The van der Waals surface area contributed by atoms with Crippen molar-refractivity contribution in [2.45, 2.75) is 51.2 Å². The number of fused-ring (bicyclic) bond motifs is 1. The number of ether oxygens (including phenoxy) is 1. The fraction of sp³-hybridized carbons (Fsp3) is 0.448. The van der Waals surface area contributed by atoms with Crippen LogP contribution in [0.4, 0.5) is 5.95 Å². The molecule has 1 N–H and O–H groups in total. The number of carbonyl (C=O) groups is 2. The van der Waals surface area contributed by atoms with E-state index in [1.807, 2.05) is 30.0 Å². The molecule has 2 amide bonds. The van der Waals surface area contributed by atoms with Crippen molar-refractivity contribution < 1.29 is 14.3 Å². The summed E-state index contributed by atoms with van der Waals surface area (Å²) in [6, 6.07) is 9.25. The second-order valence-corrected chi connectivity index (χ2v) is 10.3. The summed E-state index contributed by atoms with van der Waals surface area (Å²) in [5.41, 5.74) is 2.89. The van der Waals surface area contributed by atoms with Gasteiger partial charge in [-0.25, -0.2) is 4.98 Å². The first kappa shape index (κ1) is 25.9. The number of amides is 2. The maximum atomic E-state index is 13.3. The van der Waals surface area contributed by atoms with Crippen LogP contribution in [0.2, 0.25) is 0 Å². The van der Waals surface area contributed by atoms with Gasteiger partial charge in [-0.3, -0.25) is 19.9 Å². The molecule has 0 aliphatic carbocycles. The summed E-state index contributed by atoms with van der Waals surface area (Å²) in [5, 5.41) is 3.06. The van der Waals surface area contributed by atoms with Crippen LogP contribution >= 0.6 is 0 Å². The number of pyridine rings is 1. The Kier molecular flexibility index (Phi) is 7.74. The average molecular weight is 517 g/mol. The highest BCUT2D eigenvalue weighted by Crippen LogP contribution is 2.36. The van der Waals surface area contributed by atoms with Crippen LogP contribution in [0, 0.1) is 6.92 Å². The molecule has 9 nitrogen and oxygen atoms in total. The molecule has 200 valence electrons. The van der Waals surface area contributed by atoms with Crippen molar-refractivity contribution in [3.05, 3.63) is 60.4 Å². The van der Waals surface area contributed by atoms with Crippen LogP contribution in [-0.4, -0.2) is 75.5 Å². The molecule has 3 aromatic rings. The fourth-order valence-electron chi connectivity index (χ4n) is 5.46. The number of anilines is 1. The number of likely N-dealkylation sites (tertiary alicyclic amines) is 2. The summed E-state index contributed by atoms with van der Waals surface area (Å²) in [6.45, 7) is 8.73. The third kappa shape index (κ3) is 5.57. The monoisotopic (exact) mass is 516 g/mol. The van der Waals surface area contributed by atoms with Crippen molar-refractivity contribution in [2.24, 2.45) is 0 Å². The van der Waals surface area contributed by atoms with Crippen molar-refractivity contribution in [1.82, 2.24) is 24.3 Å².